The van der Waals surface area contributed by atoms with Gasteiger partial charge < -0.3 is 34.6 Å². The normalized spacial score (nSPS) is 19.5. The molecule has 3 heterocycles. The lowest BCUT2D eigenvalue weighted by atomic mass is 9.94. The van der Waals surface area contributed by atoms with E-state index in [1.54, 1.807) is 26.3 Å². The zero-order valence-electron chi connectivity index (χ0n) is 26.1. The van der Waals surface area contributed by atoms with Crippen LogP contribution in [-0.2, 0) is 16.5 Å². The molecule has 0 spiro atoms. The van der Waals surface area contributed by atoms with Gasteiger partial charge >= 0.3 is 6.18 Å². The van der Waals surface area contributed by atoms with Crippen LogP contribution in [0.3, 0.4) is 0 Å². The molecule has 2 aliphatic rings. The topological polar surface area (TPSA) is 118 Å². The number of hydrogen-bond acceptors (Lipinski definition) is 9. The number of halogens is 4. The molecule has 15 heteroatoms. The summed E-state index contributed by atoms with van der Waals surface area (Å²) in [4.78, 5) is 37.7. The number of nitrogens with one attached hydrogen (secondary N) is 2. The minimum atomic E-state index is -4.86. The summed E-state index contributed by atoms with van der Waals surface area (Å²) in [5.74, 6) is -1.85. The van der Waals surface area contributed by atoms with E-state index in [0.717, 1.165) is 6.54 Å². The second kappa shape index (κ2) is 12.6. The van der Waals surface area contributed by atoms with E-state index in [-0.39, 0.29) is 51.4 Å². The monoisotopic (exact) mass is 662 g/mol. The van der Waals surface area contributed by atoms with Crippen molar-refractivity contribution in [1.29, 1.82) is 0 Å². The highest BCUT2D eigenvalue weighted by Gasteiger charge is 2.43. The molecule has 0 saturated carbocycles. The number of likely N-dealkylation sites (N-methyl/N-ethyl adjacent to an activating group) is 1. The quantitative estimate of drug-likeness (QED) is 0.324. The van der Waals surface area contributed by atoms with Crippen LogP contribution in [-0.4, -0.2) is 85.1 Å². The number of rotatable bonds is 8. The molecule has 0 radical (unpaired) electrons. The first-order chi connectivity index (χ1) is 21.6. The van der Waals surface area contributed by atoms with Crippen molar-refractivity contribution in [2.45, 2.75) is 44.1 Å². The van der Waals surface area contributed by atoms with Gasteiger partial charge in [-0.05, 0) is 57.6 Å². The van der Waals surface area contributed by atoms with Crippen molar-refractivity contribution in [2.24, 2.45) is 0 Å². The van der Waals surface area contributed by atoms with Crippen molar-refractivity contribution < 1.29 is 37.0 Å². The first-order valence-electron chi connectivity index (χ1n) is 14.4. The predicted octanol–water partition coefficient (Wildman–Crippen LogP) is 5.46. The van der Waals surface area contributed by atoms with Crippen molar-refractivity contribution in [3.05, 3.63) is 63.8 Å². The van der Waals surface area contributed by atoms with Crippen LogP contribution in [0.4, 0.5) is 24.8 Å². The molecule has 1 saturated heterocycles. The van der Waals surface area contributed by atoms with E-state index < -0.39 is 35.0 Å². The van der Waals surface area contributed by atoms with Crippen molar-refractivity contribution in [3.63, 3.8) is 0 Å². The van der Waals surface area contributed by atoms with Gasteiger partial charge in [-0.25, -0.2) is 4.98 Å². The van der Waals surface area contributed by atoms with Gasteiger partial charge in [-0.15, -0.1) is 0 Å². The third-order valence-corrected chi connectivity index (χ3v) is 8.78. The first-order valence-corrected chi connectivity index (χ1v) is 14.7. The number of anilines is 2. The standard InChI is InChI=1S/C31H34ClF3N6O5/c1-30(2)17-8-7-9-22(25(17)28(43)41(30)4)46-27-18(31(33,34)35)14-36-29(39-27)38-21-13-19(32)16(12-23(21)44-5)26(42)37-20-10-11-40(3)15-24(20)45-6/h7-9,12-14,20,24H,10-11,15H2,1-6H3,(H,37,42)(H,36,38,39)/t20-,24+/m1/s1. The second-order valence-corrected chi connectivity index (χ2v) is 12.1. The maximum absolute atomic E-state index is 14.0. The maximum atomic E-state index is 14.0. The van der Waals surface area contributed by atoms with Crippen LogP contribution in [0.5, 0.6) is 17.4 Å². The van der Waals surface area contributed by atoms with Crippen LogP contribution in [0.1, 0.15) is 52.1 Å². The SMILES string of the molecule is COc1cc(C(=O)N[C@@H]2CCN(C)C[C@@H]2OC)c(Cl)cc1Nc1ncc(C(F)(F)F)c(Oc2cccc3c2C(=O)N(C)C3(C)C)n1. The Bertz CT molecular complexity index is 1670. The van der Waals surface area contributed by atoms with Crippen molar-refractivity contribution in [2.75, 3.05) is 46.7 Å². The van der Waals surface area contributed by atoms with Crippen LogP contribution in [0.25, 0.3) is 0 Å². The van der Waals surface area contributed by atoms with E-state index in [0.29, 0.717) is 24.7 Å². The van der Waals surface area contributed by atoms with Gasteiger partial charge in [-0.1, -0.05) is 23.7 Å². The molecule has 3 aromatic rings. The lowest BCUT2D eigenvalue weighted by Gasteiger charge is -2.36. The fourth-order valence-electron chi connectivity index (χ4n) is 5.59. The average Bonchev–Trinajstić information content (AvgIpc) is 3.17. The predicted molar refractivity (Wildman–Crippen MR) is 164 cm³/mol. The van der Waals surface area contributed by atoms with E-state index in [4.69, 9.17) is 25.8 Å². The number of carbonyl (C=O) groups excluding carboxylic acids is 2. The first kappa shape index (κ1) is 33.2. The van der Waals surface area contributed by atoms with Gasteiger partial charge in [-0.3, -0.25) is 9.59 Å². The zero-order chi connectivity index (χ0) is 33.6. The van der Waals surface area contributed by atoms with Crippen molar-refractivity contribution in [1.82, 2.24) is 25.1 Å². The summed E-state index contributed by atoms with van der Waals surface area (Å²) < 4.78 is 58.8. The lowest BCUT2D eigenvalue weighted by Crippen LogP contribution is -2.53. The number of ether oxygens (including phenoxy) is 3. The van der Waals surface area contributed by atoms with Crippen molar-refractivity contribution in [3.8, 4) is 17.4 Å². The van der Waals surface area contributed by atoms with Crippen LogP contribution >= 0.6 is 11.6 Å². The van der Waals surface area contributed by atoms with E-state index in [2.05, 4.69) is 25.5 Å². The molecule has 11 nitrogen and oxygen atoms in total. The Morgan fingerprint density at radius 2 is 1.89 bits per heavy atom. The Labute approximate surface area is 269 Å². The van der Waals surface area contributed by atoms with Gasteiger partial charge in [0.25, 0.3) is 11.8 Å². The van der Waals surface area contributed by atoms with Gasteiger partial charge in [0, 0.05) is 26.9 Å². The number of benzene rings is 2. The van der Waals surface area contributed by atoms with Gasteiger partial charge in [-0.2, -0.15) is 18.2 Å². The minimum Gasteiger partial charge on any atom is -0.495 e. The van der Waals surface area contributed by atoms with Crippen LogP contribution in [0.15, 0.2) is 36.5 Å². The fourth-order valence-corrected chi connectivity index (χ4v) is 5.84. The summed E-state index contributed by atoms with van der Waals surface area (Å²) in [6.07, 6.45) is -3.81. The third kappa shape index (κ3) is 6.29. The van der Waals surface area contributed by atoms with Gasteiger partial charge in [0.05, 0.1) is 46.6 Å². The van der Waals surface area contributed by atoms with E-state index in [9.17, 15) is 22.8 Å². The Morgan fingerprint density at radius 3 is 2.57 bits per heavy atom. The zero-order valence-corrected chi connectivity index (χ0v) is 26.8. The van der Waals surface area contributed by atoms with Gasteiger partial charge in [0.1, 0.15) is 17.1 Å². The molecule has 0 bridgehead atoms. The molecule has 246 valence electrons. The second-order valence-electron chi connectivity index (χ2n) is 11.7. The lowest BCUT2D eigenvalue weighted by molar-refractivity contribution is -0.139. The summed E-state index contributed by atoms with van der Waals surface area (Å²) in [5, 5.41) is 5.83. The number of fused-ring (bicyclic) bond motifs is 1. The van der Waals surface area contributed by atoms with Crippen molar-refractivity contribution >= 4 is 35.1 Å². The number of piperidine rings is 1. The average molecular weight is 663 g/mol. The number of amides is 2. The number of methoxy groups -OCH3 is 2. The highest BCUT2D eigenvalue weighted by molar-refractivity contribution is 6.34. The summed E-state index contributed by atoms with van der Waals surface area (Å²) in [7, 11) is 6.53. The Kier molecular flexibility index (Phi) is 9.08. The Hall–Kier alpha value is -4.14. The van der Waals surface area contributed by atoms with Gasteiger partial charge in [0.15, 0.2) is 0 Å². The van der Waals surface area contributed by atoms with E-state index in [1.165, 1.54) is 30.2 Å². The number of nitrogens with zero attached hydrogens (tertiary/aromatic N) is 4. The largest absolute Gasteiger partial charge is 0.495 e. The summed E-state index contributed by atoms with van der Waals surface area (Å²) >= 11 is 6.51. The molecular formula is C31H34ClF3N6O5. The molecule has 2 amide bonds. The molecule has 2 aromatic carbocycles. The van der Waals surface area contributed by atoms with Crippen LogP contribution < -0.4 is 20.1 Å². The molecule has 1 fully saturated rings. The Morgan fingerprint density at radius 1 is 1.15 bits per heavy atom. The number of likely N-dealkylation sites (tertiary alicyclic amines) is 1. The Balaban J connectivity index is 1.44. The number of alkyl halides is 3. The highest BCUT2D eigenvalue weighted by Crippen LogP contribution is 2.44. The molecular weight excluding hydrogens is 629 g/mol. The number of aromatic nitrogens is 2. The van der Waals surface area contributed by atoms with Crippen LogP contribution in [0, 0.1) is 0 Å². The maximum Gasteiger partial charge on any atom is 0.423 e. The molecule has 2 atom stereocenters. The molecule has 5 rings (SSSR count). The van der Waals surface area contributed by atoms with E-state index >= 15 is 0 Å². The molecule has 0 unspecified atom stereocenters. The summed E-state index contributed by atoms with van der Waals surface area (Å²) in [5.41, 5.74) is -0.872. The van der Waals surface area contributed by atoms with E-state index in [1.807, 2.05) is 20.9 Å². The molecule has 0 aliphatic carbocycles. The number of carbonyl (C=O) groups is 2. The third-order valence-electron chi connectivity index (χ3n) is 8.47. The summed E-state index contributed by atoms with van der Waals surface area (Å²) in [6, 6.07) is 7.30. The fraction of sp³-hybridized carbons (Fsp3) is 0.419. The smallest absolute Gasteiger partial charge is 0.423 e. The highest BCUT2D eigenvalue weighted by atomic mass is 35.5. The van der Waals surface area contributed by atoms with Gasteiger partial charge in [0.2, 0.25) is 11.8 Å². The molecule has 2 aliphatic heterocycles. The molecule has 2 N–H and O–H groups in total. The van der Waals surface area contributed by atoms with Crippen LogP contribution in [0.2, 0.25) is 5.02 Å². The minimum absolute atomic E-state index is 0.0520. The molecule has 1 aromatic heterocycles. The summed E-state index contributed by atoms with van der Waals surface area (Å²) in [6.45, 7) is 5.08. The number of hydrogen-bond donors (Lipinski definition) is 2. The molecule has 46 heavy (non-hydrogen) atoms.